The van der Waals surface area contributed by atoms with Crippen molar-refractivity contribution >= 4 is 5.91 Å². The largest absolute Gasteiger partial charge is 0.383 e. The van der Waals surface area contributed by atoms with E-state index in [1.165, 1.54) is 6.42 Å². The van der Waals surface area contributed by atoms with Gasteiger partial charge >= 0.3 is 0 Å². The number of carbonyl (C=O) groups is 1. The molecule has 0 aromatic heterocycles. The number of amides is 1. The molecular formula is C9H17NO2. The highest BCUT2D eigenvalue weighted by molar-refractivity contribution is 5.80. The second-order valence-corrected chi connectivity index (χ2v) is 3.59. The van der Waals surface area contributed by atoms with Crippen molar-refractivity contribution in [3.05, 3.63) is 0 Å². The van der Waals surface area contributed by atoms with E-state index in [4.69, 9.17) is 5.11 Å². The van der Waals surface area contributed by atoms with E-state index >= 15 is 0 Å². The van der Waals surface area contributed by atoms with E-state index in [1.807, 2.05) is 0 Å². The minimum absolute atomic E-state index is 0.214. The summed E-state index contributed by atoms with van der Waals surface area (Å²) in [6, 6.07) is 0.304. The van der Waals surface area contributed by atoms with Crippen molar-refractivity contribution < 1.29 is 9.90 Å². The van der Waals surface area contributed by atoms with Gasteiger partial charge in [0.25, 0.3) is 0 Å². The minimum atomic E-state index is -0.821. The molecule has 1 amide bonds. The summed E-state index contributed by atoms with van der Waals surface area (Å²) in [5.41, 5.74) is 0. The molecule has 3 heteroatoms. The molecule has 1 fully saturated rings. The highest BCUT2D eigenvalue weighted by Gasteiger charge is 2.29. The summed E-state index contributed by atoms with van der Waals surface area (Å²) in [4.78, 5) is 11.2. The summed E-state index contributed by atoms with van der Waals surface area (Å²) in [5.74, 6) is 0.368. The Bertz CT molecular complexity index is 170. The molecule has 1 saturated carbocycles. The maximum atomic E-state index is 11.2. The van der Waals surface area contributed by atoms with E-state index in [-0.39, 0.29) is 5.91 Å². The molecule has 3 unspecified atom stereocenters. The van der Waals surface area contributed by atoms with E-state index in [0.717, 1.165) is 6.42 Å². The smallest absolute Gasteiger partial charge is 0.249 e. The lowest BCUT2D eigenvalue weighted by Crippen LogP contribution is -2.48. The first-order valence-electron chi connectivity index (χ1n) is 4.63. The fourth-order valence-corrected chi connectivity index (χ4v) is 1.35. The molecule has 3 atom stereocenters. The van der Waals surface area contributed by atoms with E-state index < -0.39 is 6.10 Å². The molecule has 0 bridgehead atoms. The fraction of sp³-hybridized carbons (Fsp3) is 0.889. The molecule has 0 heterocycles. The molecule has 70 valence electrons. The van der Waals surface area contributed by atoms with Gasteiger partial charge in [0.2, 0.25) is 5.91 Å². The Hall–Kier alpha value is -0.570. The lowest BCUT2D eigenvalue weighted by atomic mass is 9.81. The molecule has 1 aliphatic rings. The van der Waals surface area contributed by atoms with Crippen LogP contribution in [0.4, 0.5) is 0 Å². The second-order valence-electron chi connectivity index (χ2n) is 3.59. The summed E-state index contributed by atoms with van der Waals surface area (Å²) in [7, 11) is 0. The van der Waals surface area contributed by atoms with Crippen LogP contribution in [0.2, 0.25) is 0 Å². The van der Waals surface area contributed by atoms with Gasteiger partial charge in [0, 0.05) is 6.04 Å². The average molecular weight is 171 g/mol. The first-order valence-corrected chi connectivity index (χ1v) is 4.63. The van der Waals surface area contributed by atoms with Gasteiger partial charge in [0.1, 0.15) is 6.10 Å². The summed E-state index contributed by atoms with van der Waals surface area (Å²) in [5, 5.41) is 12.0. The molecule has 1 rings (SSSR count). The molecule has 0 saturated heterocycles. The maximum absolute atomic E-state index is 11.2. The van der Waals surface area contributed by atoms with Crippen molar-refractivity contribution in [2.75, 3.05) is 0 Å². The Balaban J connectivity index is 2.26. The first-order chi connectivity index (χ1) is 5.65. The van der Waals surface area contributed by atoms with Crippen LogP contribution in [0.3, 0.4) is 0 Å². The van der Waals surface area contributed by atoms with Gasteiger partial charge in [0.15, 0.2) is 0 Å². The standard InChI is InChI=1S/C9H17NO2/c1-3-8(11)9(12)10-7-5-4-6(7)2/h6-8,11H,3-5H2,1-2H3,(H,10,12). The molecule has 12 heavy (non-hydrogen) atoms. The zero-order valence-corrected chi connectivity index (χ0v) is 7.71. The van der Waals surface area contributed by atoms with E-state index in [1.54, 1.807) is 6.92 Å². The Morgan fingerprint density at radius 2 is 2.33 bits per heavy atom. The van der Waals surface area contributed by atoms with Gasteiger partial charge in [-0.15, -0.1) is 0 Å². The third kappa shape index (κ3) is 1.97. The number of nitrogens with one attached hydrogen (secondary N) is 1. The second kappa shape index (κ2) is 3.90. The van der Waals surface area contributed by atoms with Crippen LogP contribution < -0.4 is 5.32 Å². The van der Waals surface area contributed by atoms with Crippen LogP contribution in [0, 0.1) is 5.92 Å². The van der Waals surface area contributed by atoms with Gasteiger partial charge in [-0.05, 0) is 25.2 Å². The van der Waals surface area contributed by atoms with E-state index in [0.29, 0.717) is 18.4 Å². The maximum Gasteiger partial charge on any atom is 0.249 e. The summed E-state index contributed by atoms with van der Waals surface area (Å²) in [6.07, 6.45) is 1.92. The van der Waals surface area contributed by atoms with Gasteiger partial charge in [-0.25, -0.2) is 0 Å². The average Bonchev–Trinajstić information content (AvgIpc) is 2.09. The number of aliphatic hydroxyl groups excluding tert-OH is 1. The summed E-state index contributed by atoms with van der Waals surface area (Å²) < 4.78 is 0. The Labute approximate surface area is 73.2 Å². The molecule has 0 aromatic carbocycles. The van der Waals surface area contributed by atoms with Gasteiger partial charge in [-0.1, -0.05) is 13.8 Å². The number of rotatable bonds is 3. The summed E-state index contributed by atoms with van der Waals surface area (Å²) >= 11 is 0. The Morgan fingerprint density at radius 3 is 2.67 bits per heavy atom. The van der Waals surface area contributed by atoms with Crippen LogP contribution in [-0.2, 0) is 4.79 Å². The van der Waals surface area contributed by atoms with Gasteiger partial charge in [0.05, 0.1) is 0 Å². The highest BCUT2D eigenvalue weighted by Crippen LogP contribution is 2.26. The predicted molar refractivity (Wildman–Crippen MR) is 46.6 cm³/mol. The van der Waals surface area contributed by atoms with Crippen molar-refractivity contribution in [2.45, 2.75) is 45.3 Å². The first kappa shape index (κ1) is 9.52. The Kier molecular flexibility index (Phi) is 3.09. The molecule has 0 radical (unpaired) electrons. The normalized spacial score (nSPS) is 30.6. The van der Waals surface area contributed by atoms with Crippen LogP contribution in [0.25, 0.3) is 0 Å². The monoisotopic (exact) mass is 171 g/mol. The van der Waals surface area contributed by atoms with Crippen LogP contribution in [0.1, 0.15) is 33.1 Å². The third-order valence-corrected chi connectivity index (χ3v) is 2.64. The molecule has 2 N–H and O–H groups in total. The Morgan fingerprint density at radius 1 is 1.67 bits per heavy atom. The van der Waals surface area contributed by atoms with Crippen molar-refractivity contribution in [3.8, 4) is 0 Å². The van der Waals surface area contributed by atoms with E-state index in [9.17, 15) is 4.79 Å². The molecular weight excluding hydrogens is 154 g/mol. The zero-order valence-electron chi connectivity index (χ0n) is 7.71. The van der Waals surface area contributed by atoms with E-state index in [2.05, 4.69) is 12.2 Å². The number of hydrogen-bond donors (Lipinski definition) is 2. The quantitative estimate of drug-likeness (QED) is 0.655. The van der Waals surface area contributed by atoms with Crippen molar-refractivity contribution in [2.24, 2.45) is 5.92 Å². The van der Waals surface area contributed by atoms with Crippen LogP contribution in [-0.4, -0.2) is 23.2 Å². The van der Waals surface area contributed by atoms with Gasteiger partial charge in [-0.2, -0.15) is 0 Å². The highest BCUT2D eigenvalue weighted by atomic mass is 16.3. The fourth-order valence-electron chi connectivity index (χ4n) is 1.35. The van der Waals surface area contributed by atoms with Crippen molar-refractivity contribution in [1.29, 1.82) is 0 Å². The number of hydrogen-bond acceptors (Lipinski definition) is 2. The van der Waals surface area contributed by atoms with Crippen LogP contribution in [0.15, 0.2) is 0 Å². The molecule has 0 aromatic rings. The van der Waals surface area contributed by atoms with Crippen molar-refractivity contribution in [3.63, 3.8) is 0 Å². The van der Waals surface area contributed by atoms with Crippen LogP contribution >= 0.6 is 0 Å². The topological polar surface area (TPSA) is 49.3 Å². The minimum Gasteiger partial charge on any atom is -0.383 e. The predicted octanol–water partition coefficient (Wildman–Crippen LogP) is 0.672. The summed E-state index contributed by atoms with van der Waals surface area (Å²) in [6.45, 7) is 3.92. The zero-order chi connectivity index (χ0) is 9.14. The lowest BCUT2D eigenvalue weighted by Gasteiger charge is -2.34. The third-order valence-electron chi connectivity index (χ3n) is 2.64. The number of aliphatic hydroxyl groups is 1. The molecule has 0 aliphatic heterocycles. The van der Waals surface area contributed by atoms with Gasteiger partial charge in [-0.3, -0.25) is 4.79 Å². The molecule has 3 nitrogen and oxygen atoms in total. The van der Waals surface area contributed by atoms with Crippen LogP contribution in [0.5, 0.6) is 0 Å². The van der Waals surface area contributed by atoms with Crippen molar-refractivity contribution in [1.82, 2.24) is 5.32 Å². The lowest BCUT2D eigenvalue weighted by molar-refractivity contribution is -0.131. The van der Waals surface area contributed by atoms with Gasteiger partial charge < -0.3 is 10.4 Å². The molecule has 1 aliphatic carbocycles. The molecule has 0 spiro atoms. The SMILES string of the molecule is CCC(O)C(=O)NC1CCC1C. The number of carbonyl (C=O) groups excluding carboxylic acids is 1.